The first-order valence-electron chi connectivity index (χ1n) is 23.8. The highest BCUT2D eigenvalue weighted by atomic mass is 32.1. The average Bonchev–Trinajstić information content (AvgIpc) is 4.01. The molecule has 0 bridgehead atoms. The van der Waals surface area contributed by atoms with E-state index in [4.69, 9.17) is 4.98 Å². The van der Waals surface area contributed by atoms with Crippen LogP contribution in [0.25, 0.3) is 91.4 Å². The molecule has 0 spiro atoms. The summed E-state index contributed by atoms with van der Waals surface area (Å²) in [5.74, 6) is 0. The van der Waals surface area contributed by atoms with Gasteiger partial charge >= 0.3 is 0 Å². The predicted octanol–water partition coefficient (Wildman–Crippen LogP) is 18.6. The number of benzene rings is 12. The zero-order valence-corrected chi connectivity index (χ0v) is 38.8. The molecule has 14 aromatic rings. The van der Waals surface area contributed by atoms with E-state index < -0.39 is 0 Å². The molecule has 0 aliphatic heterocycles. The number of anilines is 6. The summed E-state index contributed by atoms with van der Waals surface area (Å²) in [7, 11) is 0. The van der Waals surface area contributed by atoms with Crippen LogP contribution in [-0.4, -0.2) is 9.55 Å². The highest BCUT2D eigenvalue weighted by Crippen LogP contribution is 2.45. The van der Waals surface area contributed by atoms with Gasteiger partial charge in [-0.3, -0.25) is 0 Å². The Bertz CT molecular complexity index is 4280. The van der Waals surface area contributed by atoms with Crippen molar-refractivity contribution in [3.63, 3.8) is 0 Å². The quantitative estimate of drug-likeness (QED) is 0.142. The first kappa shape index (κ1) is 40.1. The topological polar surface area (TPSA) is 24.3 Å². The van der Waals surface area contributed by atoms with E-state index in [1.54, 1.807) is 11.3 Å². The van der Waals surface area contributed by atoms with Crippen molar-refractivity contribution in [1.29, 1.82) is 0 Å². The SMILES string of the molecule is c1ccc(-n2c3ccccc3c3cc(N(c4ccc5c(ccc6cc(N(c7ccc(-c8nc9ccccc9s8)cc7)c7cccc8ccccc78)ccc65)c4)c4cccc5ccccc45)ccc32)cc1. The minimum absolute atomic E-state index is 1.03. The molecule has 5 heteroatoms. The minimum atomic E-state index is 1.03. The van der Waals surface area contributed by atoms with Crippen LogP contribution >= 0.6 is 11.3 Å². The van der Waals surface area contributed by atoms with Crippen molar-refractivity contribution in [2.24, 2.45) is 0 Å². The number of fused-ring (bicyclic) bond motifs is 9. The van der Waals surface area contributed by atoms with E-state index in [1.165, 1.54) is 69.6 Å². The van der Waals surface area contributed by atoms with Crippen LogP contribution in [0.5, 0.6) is 0 Å². The average molecular weight is 911 g/mol. The Morgan fingerprint density at radius 3 is 1.51 bits per heavy atom. The minimum Gasteiger partial charge on any atom is -0.310 e. The summed E-state index contributed by atoms with van der Waals surface area (Å²) in [4.78, 5) is 9.80. The van der Waals surface area contributed by atoms with Crippen molar-refractivity contribution in [2.45, 2.75) is 0 Å². The third-order valence-corrected chi connectivity index (χ3v) is 15.0. The molecule has 0 amide bonds. The second-order valence-electron chi connectivity index (χ2n) is 18.0. The zero-order valence-electron chi connectivity index (χ0n) is 37.9. The second-order valence-corrected chi connectivity index (χ2v) is 19.0. The van der Waals surface area contributed by atoms with Gasteiger partial charge in [0, 0.05) is 55.5 Å². The zero-order chi connectivity index (χ0) is 46.1. The fourth-order valence-electron chi connectivity index (χ4n) is 10.7. The van der Waals surface area contributed by atoms with Crippen LogP contribution < -0.4 is 9.80 Å². The highest BCUT2D eigenvalue weighted by molar-refractivity contribution is 7.21. The Kier molecular flexibility index (Phi) is 9.36. The standard InChI is InChI=1S/C65H42N4S/c1-2-18-48(19-3-1)69-62-24-10-8-22-57(62)58-42-52(36-39-63(58)69)68(61-26-13-17-44-15-5-7-21-56(44)61)51-35-38-54-47(41-51)29-28-46-40-50(34-37-53(46)54)67(60-25-12-16-43-14-4-6-20-55(43)60)49-32-30-45(31-33-49)65-66-59-23-9-11-27-64(59)70-65/h1-42H. The number of nitrogens with zero attached hydrogens (tertiary/aromatic N) is 4. The number of thiazole rings is 1. The maximum Gasteiger partial charge on any atom is 0.124 e. The van der Waals surface area contributed by atoms with Gasteiger partial charge in [-0.25, -0.2) is 4.98 Å². The number of para-hydroxylation sites is 3. The molecule has 0 saturated heterocycles. The number of rotatable bonds is 8. The van der Waals surface area contributed by atoms with Gasteiger partial charge in [-0.15, -0.1) is 11.3 Å². The van der Waals surface area contributed by atoms with E-state index >= 15 is 0 Å². The van der Waals surface area contributed by atoms with Gasteiger partial charge in [0.25, 0.3) is 0 Å². The lowest BCUT2D eigenvalue weighted by Gasteiger charge is -2.28. The van der Waals surface area contributed by atoms with Crippen molar-refractivity contribution >= 4 is 121 Å². The van der Waals surface area contributed by atoms with Gasteiger partial charge in [-0.05, 0) is 142 Å². The van der Waals surface area contributed by atoms with E-state index in [1.807, 2.05) is 0 Å². The molecule has 4 nitrogen and oxygen atoms in total. The summed E-state index contributed by atoms with van der Waals surface area (Å²) < 4.78 is 3.58. The van der Waals surface area contributed by atoms with Crippen molar-refractivity contribution in [1.82, 2.24) is 9.55 Å². The van der Waals surface area contributed by atoms with E-state index in [-0.39, 0.29) is 0 Å². The third-order valence-electron chi connectivity index (χ3n) is 13.9. The van der Waals surface area contributed by atoms with Crippen LogP contribution in [0.15, 0.2) is 255 Å². The summed E-state index contributed by atoms with van der Waals surface area (Å²) in [6.07, 6.45) is 0. The molecule has 0 unspecified atom stereocenters. The monoisotopic (exact) mass is 910 g/mol. The van der Waals surface area contributed by atoms with Gasteiger partial charge < -0.3 is 14.4 Å². The molecular formula is C65H42N4S. The summed E-state index contributed by atoms with van der Waals surface area (Å²) in [6, 6.07) is 92.7. The van der Waals surface area contributed by atoms with Crippen molar-refractivity contribution in [3.8, 4) is 16.3 Å². The first-order chi connectivity index (χ1) is 34.7. The first-order valence-corrected chi connectivity index (χ1v) is 24.6. The lowest BCUT2D eigenvalue weighted by Crippen LogP contribution is -2.11. The number of hydrogen-bond acceptors (Lipinski definition) is 4. The molecular weight excluding hydrogens is 869 g/mol. The Balaban J connectivity index is 0.897. The summed E-state index contributed by atoms with van der Waals surface area (Å²) in [6.45, 7) is 0. The van der Waals surface area contributed by atoms with E-state index in [2.05, 4.69) is 269 Å². The fourth-order valence-corrected chi connectivity index (χ4v) is 11.7. The normalized spacial score (nSPS) is 11.7. The number of hydrogen-bond donors (Lipinski definition) is 0. The maximum atomic E-state index is 4.96. The van der Waals surface area contributed by atoms with Gasteiger partial charge in [0.2, 0.25) is 0 Å². The second kappa shape index (κ2) is 16.3. The Hall–Kier alpha value is -9.03. The smallest absolute Gasteiger partial charge is 0.124 e. The molecule has 2 heterocycles. The van der Waals surface area contributed by atoms with Gasteiger partial charge in [0.1, 0.15) is 5.01 Å². The van der Waals surface area contributed by atoms with Crippen molar-refractivity contribution in [3.05, 3.63) is 255 Å². The molecule has 0 saturated carbocycles. The molecule has 12 aromatic carbocycles. The molecule has 328 valence electrons. The highest BCUT2D eigenvalue weighted by Gasteiger charge is 2.21. The van der Waals surface area contributed by atoms with Crippen LogP contribution in [0.1, 0.15) is 0 Å². The molecule has 0 aliphatic carbocycles. The summed E-state index contributed by atoms with van der Waals surface area (Å²) in [5.41, 5.74) is 12.3. The van der Waals surface area contributed by atoms with E-state index in [0.717, 1.165) is 55.9 Å². The molecule has 14 rings (SSSR count). The van der Waals surface area contributed by atoms with Crippen LogP contribution in [-0.2, 0) is 0 Å². The maximum absolute atomic E-state index is 4.96. The third kappa shape index (κ3) is 6.62. The van der Waals surface area contributed by atoms with Crippen LogP contribution in [0, 0.1) is 0 Å². The van der Waals surface area contributed by atoms with E-state index in [0.29, 0.717) is 0 Å². The molecule has 0 fully saturated rings. The number of aromatic nitrogens is 2. The van der Waals surface area contributed by atoms with Gasteiger partial charge in [-0.2, -0.15) is 0 Å². The molecule has 0 N–H and O–H groups in total. The Labute approximate surface area is 408 Å². The summed E-state index contributed by atoms with van der Waals surface area (Å²) in [5, 5.41) is 13.1. The van der Waals surface area contributed by atoms with Crippen LogP contribution in [0.3, 0.4) is 0 Å². The summed E-state index contributed by atoms with van der Waals surface area (Å²) >= 11 is 1.73. The van der Waals surface area contributed by atoms with E-state index in [9.17, 15) is 0 Å². The molecule has 0 radical (unpaired) electrons. The lowest BCUT2D eigenvalue weighted by atomic mass is 9.99. The van der Waals surface area contributed by atoms with Crippen LogP contribution in [0.2, 0.25) is 0 Å². The molecule has 2 aromatic heterocycles. The largest absolute Gasteiger partial charge is 0.310 e. The lowest BCUT2D eigenvalue weighted by molar-refractivity contribution is 1.18. The van der Waals surface area contributed by atoms with Gasteiger partial charge in [0.15, 0.2) is 0 Å². The molecule has 70 heavy (non-hydrogen) atoms. The predicted molar refractivity (Wildman–Crippen MR) is 299 cm³/mol. The Morgan fingerprint density at radius 2 is 0.843 bits per heavy atom. The molecule has 0 atom stereocenters. The van der Waals surface area contributed by atoms with Crippen molar-refractivity contribution < 1.29 is 0 Å². The van der Waals surface area contributed by atoms with Gasteiger partial charge in [-0.1, -0.05) is 146 Å². The van der Waals surface area contributed by atoms with Crippen molar-refractivity contribution in [2.75, 3.05) is 9.80 Å². The van der Waals surface area contributed by atoms with Crippen LogP contribution in [0.4, 0.5) is 34.1 Å². The Morgan fingerprint density at radius 1 is 0.329 bits per heavy atom. The molecule has 0 aliphatic rings. The van der Waals surface area contributed by atoms with Gasteiger partial charge in [0.05, 0.1) is 32.6 Å². The fraction of sp³-hybridized carbons (Fsp3) is 0.